The summed E-state index contributed by atoms with van der Waals surface area (Å²) in [6.45, 7) is 0.0360. The van der Waals surface area contributed by atoms with Gasteiger partial charge in [0.2, 0.25) is 5.88 Å². The van der Waals surface area contributed by atoms with Gasteiger partial charge in [-0.3, -0.25) is 0 Å². The lowest BCUT2D eigenvalue weighted by molar-refractivity contribution is -0.141. The molecule has 0 saturated carbocycles. The molecule has 96 valence electrons. The van der Waals surface area contributed by atoms with Crippen LogP contribution in [0.4, 0.5) is 13.2 Å². The average molecular weight is 250 g/mol. The fraction of sp³-hybridized carbons (Fsp3) is 0.500. The third-order valence-electron chi connectivity index (χ3n) is 1.99. The number of pyridine rings is 1. The van der Waals surface area contributed by atoms with Crippen LogP contribution in [0.5, 0.6) is 5.88 Å². The maximum absolute atomic E-state index is 12.4. The Balaban J connectivity index is 2.90. The zero-order valence-electron chi connectivity index (χ0n) is 9.00. The molecular formula is C10H13F3N2O2. The van der Waals surface area contributed by atoms with E-state index in [-0.39, 0.29) is 25.6 Å². The van der Waals surface area contributed by atoms with Crippen LogP contribution in [-0.4, -0.2) is 23.3 Å². The smallest absolute Gasteiger partial charge is 0.433 e. The molecule has 0 atom stereocenters. The van der Waals surface area contributed by atoms with Crippen molar-refractivity contribution in [3.8, 4) is 5.88 Å². The maximum atomic E-state index is 12.4. The Hall–Kier alpha value is -1.34. The molecule has 0 fully saturated rings. The van der Waals surface area contributed by atoms with Crippen LogP contribution in [0.15, 0.2) is 12.1 Å². The molecule has 17 heavy (non-hydrogen) atoms. The first kappa shape index (κ1) is 13.7. The standard InChI is InChI=1S/C10H13F3N2O2/c11-10(12,13)8-3-2-7(6-14)9(15-8)17-5-1-4-16/h2-3,16H,1,4-6,14H2. The molecular weight excluding hydrogens is 237 g/mol. The first-order chi connectivity index (χ1) is 7.99. The lowest BCUT2D eigenvalue weighted by atomic mass is 10.2. The van der Waals surface area contributed by atoms with Crippen molar-refractivity contribution in [2.24, 2.45) is 5.73 Å². The van der Waals surface area contributed by atoms with Gasteiger partial charge in [-0.15, -0.1) is 0 Å². The SMILES string of the molecule is NCc1ccc(C(F)(F)F)nc1OCCCO. The highest BCUT2D eigenvalue weighted by Gasteiger charge is 2.33. The Morgan fingerprint density at radius 3 is 2.59 bits per heavy atom. The van der Waals surface area contributed by atoms with E-state index in [1.54, 1.807) is 0 Å². The molecule has 0 saturated heterocycles. The predicted molar refractivity (Wildman–Crippen MR) is 54.3 cm³/mol. The quantitative estimate of drug-likeness (QED) is 0.773. The number of alkyl halides is 3. The van der Waals surface area contributed by atoms with Gasteiger partial charge in [-0.2, -0.15) is 13.2 Å². The topological polar surface area (TPSA) is 68.4 Å². The Morgan fingerprint density at radius 2 is 2.06 bits per heavy atom. The van der Waals surface area contributed by atoms with Crippen LogP contribution in [0.25, 0.3) is 0 Å². The Bertz CT molecular complexity index is 369. The first-order valence-corrected chi connectivity index (χ1v) is 5.00. The van der Waals surface area contributed by atoms with Gasteiger partial charge in [0.25, 0.3) is 0 Å². The van der Waals surface area contributed by atoms with Crippen molar-refractivity contribution < 1.29 is 23.0 Å². The van der Waals surface area contributed by atoms with E-state index in [9.17, 15) is 13.2 Å². The predicted octanol–water partition coefficient (Wildman–Crippen LogP) is 1.32. The van der Waals surface area contributed by atoms with Gasteiger partial charge in [0.1, 0.15) is 5.69 Å². The van der Waals surface area contributed by atoms with Crippen LogP contribution in [0, 0.1) is 0 Å². The van der Waals surface area contributed by atoms with E-state index in [0.29, 0.717) is 12.0 Å². The molecule has 0 spiro atoms. The molecule has 1 rings (SSSR count). The number of rotatable bonds is 5. The summed E-state index contributed by atoms with van der Waals surface area (Å²) in [5, 5.41) is 8.55. The van der Waals surface area contributed by atoms with E-state index >= 15 is 0 Å². The second kappa shape index (κ2) is 5.83. The fourth-order valence-electron chi connectivity index (χ4n) is 1.14. The Labute approximate surface area is 96.2 Å². The Kier molecular flexibility index (Phi) is 4.71. The average Bonchev–Trinajstić information content (AvgIpc) is 2.28. The third-order valence-corrected chi connectivity index (χ3v) is 1.99. The largest absolute Gasteiger partial charge is 0.477 e. The number of hydrogen-bond donors (Lipinski definition) is 2. The molecule has 4 nitrogen and oxygen atoms in total. The molecule has 1 aromatic rings. The molecule has 0 aliphatic carbocycles. The highest BCUT2D eigenvalue weighted by molar-refractivity contribution is 5.29. The van der Waals surface area contributed by atoms with Crippen LogP contribution in [0.2, 0.25) is 0 Å². The molecule has 1 heterocycles. The summed E-state index contributed by atoms with van der Waals surface area (Å²) < 4.78 is 42.3. The van der Waals surface area contributed by atoms with E-state index in [4.69, 9.17) is 15.6 Å². The van der Waals surface area contributed by atoms with Crippen molar-refractivity contribution >= 4 is 0 Å². The second-order valence-corrected chi connectivity index (χ2v) is 3.29. The van der Waals surface area contributed by atoms with E-state index < -0.39 is 11.9 Å². The minimum Gasteiger partial charge on any atom is -0.477 e. The van der Waals surface area contributed by atoms with Gasteiger partial charge < -0.3 is 15.6 Å². The number of aromatic nitrogens is 1. The maximum Gasteiger partial charge on any atom is 0.433 e. The number of ether oxygens (including phenoxy) is 1. The lowest BCUT2D eigenvalue weighted by Gasteiger charge is -2.12. The molecule has 0 aromatic carbocycles. The van der Waals surface area contributed by atoms with Crippen molar-refractivity contribution in [3.05, 3.63) is 23.4 Å². The molecule has 0 radical (unpaired) electrons. The molecule has 7 heteroatoms. The summed E-state index contributed by atoms with van der Waals surface area (Å²) >= 11 is 0. The van der Waals surface area contributed by atoms with Crippen LogP contribution in [0.1, 0.15) is 17.7 Å². The van der Waals surface area contributed by atoms with Gasteiger partial charge >= 0.3 is 6.18 Å². The molecule has 1 aromatic heterocycles. The van der Waals surface area contributed by atoms with Crippen molar-refractivity contribution in [1.82, 2.24) is 4.98 Å². The highest BCUT2D eigenvalue weighted by Crippen LogP contribution is 2.30. The second-order valence-electron chi connectivity index (χ2n) is 3.29. The van der Waals surface area contributed by atoms with Gasteiger partial charge in [-0.1, -0.05) is 6.07 Å². The normalized spacial score (nSPS) is 11.6. The number of nitrogens with zero attached hydrogens (tertiary/aromatic N) is 1. The van der Waals surface area contributed by atoms with Gasteiger partial charge in [0.05, 0.1) is 6.61 Å². The van der Waals surface area contributed by atoms with Gasteiger partial charge in [-0.25, -0.2) is 4.98 Å². The zero-order chi connectivity index (χ0) is 12.9. The monoisotopic (exact) mass is 250 g/mol. The lowest BCUT2D eigenvalue weighted by Crippen LogP contribution is -2.12. The molecule has 3 N–H and O–H groups in total. The van der Waals surface area contributed by atoms with Gasteiger partial charge in [-0.05, 0) is 6.07 Å². The number of aliphatic hydroxyl groups excluding tert-OH is 1. The van der Waals surface area contributed by atoms with E-state index in [2.05, 4.69) is 4.98 Å². The van der Waals surface area contributed by atoms with E-state index in [0.717, 1.165) is 6.07 Å². The van der Waals surface area contributed by atoms with E-state index in [1.165, 1.54) is 6.07 Å². The summed E-state index contributed by atoms with van der Waals surface area (Å²) in [4.78, 5) is 3.38. The van der Waals surface area contributed by atoms with Crippen molar-refractivity contribution in [2.75, 3.05) is 13.2 Å². The number of halogens is 3. The van der Waals surface area contributed by atoms with Crippen LogP contribution in [-0.2, 0) is 12.7 Å². The summed E-state index contributed by atoms with van der Waals surface area (Å²) in [5.74, 6) is -0.129. The van der Waals surface area contributed by atoms with E-state index in [1.807, 2.05) is 0 Å². The molecule has 0 amide bonds. The zero-order valence-corrected chi connectivity index (χ0v) is 9.00. The van der Waals surface area contributed by atoms with Gasteiger partial charge in [0.15, 0.2) is 0 Å². The summed E-state index contributed by atoms with van der Waals surface area (Å²) in [6.07, 6.45) is -4.19. The first-order valence-electron chi connectivity index (χ1n) is 5.00. The minimum atomic E-state index is -4.51. The number of aliphatic hydroxyl groups is 1. The van der Waals surface area contributed by atoms with Crippen molar-refractivity contribution in [2.45, 2.75) is 19.1 Å². The summed E-state index contributed by atoms with van der Waals surface area (Å²) in [7, 11) is 0. The Morgan fingerprint density at radius 1 is 1.35 bits per heavy atom. The van der Waals surface area contributed by atoms with Crippen molar-refractivity contribution in [1.29, 1.82) is 0 Å². The fourth-order valence-corrected chi connectivity index (χ4v) is 1.14. The van der Waals surface area contributed by atoms with Crippen LogP contribution in [0.3, 0.4) is 0 Å². The van der Waals surface area contributed by atoms with Crippen molar-refractivity contribution in [3.63, 3.8) is 0 Å². The van der Waals surface area contributed by atoms with Crippen LogP contribution < -0.4 is 10.5 Å². The highest BCUT2D eigenvalue weighted by atomic mass is 19.4. The molecule has 0 unspecified atom stereocenters. The third kappa shape index (κ3) is 3.86. The molecule has 0 aliphatic heterocycles. The minimum absolute atomic E-state index is 0.0413. The summed E-state index contributed by atoms with van der Waals surface area (Å²) in [6, 6.07) is 2.10. The van der Waals surface area contributed by atoms with Crippen LogP contribution >= 0.6 is 0 Å². The molecule has 0 aliphatic rings. The van der Waals surface area contributed by atoms with Gasteiger partial charge in [0, 0.05) is 25.1 Å². The number of hydrogen-bond acceptors (Lipinski definition) is 4. The summed E-state index contributed by atoms with van der Waals surface area (Å²) in [5.41, 5.74) is 4.74. The number of nitrogens with two attached hydrogens (primary N) is 1. The molecule has 0 bridgehead atoms.